The standard InChI is InChI=1S/C19H22ClNO2/c1-23-19(22)13-18(21-14-16-5-3-2-4-6-16)12-9-15-7-10-17(20)11-8-15/h2-8,10-11,18,21H,9,12-14H2,1H3. The normalized spacial score (nSPS) is 11.9. The summed E-state index contributed by atoms with van der Waals surface area (Å²) in [4.78, 5) is 11.6. The molecule has 3 nitrogen and oxygen atoms in total. The van der Waals surface area contributed by atoms with Crippen LogP contribution in [-0.4, -0.2) is 19.1 Å². The van der Waals surface area contributed by atoms with Crippen LogP contribution in [0, 0.1) is 0 Å². The van der Waals surface area contributed by atoms with Crippen molar-refractivity contribution in [3.05, 3.63) is 70.7 Å². The predicted octanol–water partition coefficient (Wildman–Crippen LogP) is 3.99. The van der Waals surface area contributed by atoms with Crippen molar-refractivity contribution in [3.63, 3.8) is 0 Å². The summed E-state index contributed by atoms with van der Waals surface area (Å²) < 4.78 is 4.80. The molecule has 1 N–H and O–H groups in total. The average molecular weight is 332 g/mol. The maximum atomic E-state index is 11.6. The third-order valence-corrected chi connectivity index (χ3v) is 4.03. The zero-order valence-corrected chi connectivity index (χ0v) is 14.1. The first-order valence-corrected chi connectivity index (χ1v) is 8.13. The summed E-state index contributed by atoms with van der Waals surface area (Å²) in [6.45, 7) is 0.739. The SMILES string of the molecule is COC(=O)CC(CCc1ccc(Cl)cc1)NCc1ccccc1. The molecule has 1 unspecified atom stereocenters. The van der Waals surface area contributed by atoms with E-state index < -0.39 is 0 Å². The Morgan fingerprint density at radius 3 is 2.43 bits per heavy atom. The molecule has 0 amide bonds. The van der Waals surface area contributed by atoms with Crippen molar-refractivity contribution < 1.29 is 9.53 Å². The topological polar surface area (TPSA) is 38.3 Å². The lowest BCUT2D eigenvalue weighted by molar-refractivity contribution is -0.141. The van der Waals surface area contributed by atoms with Crippen molar-refractivity contribution in [2.75, 3.05) is 7.11 Å². The molecule has 0 saturated carbocycles. The molecule has 23 heavy (non-hydrogen) atoms. The van der Waals surface area contributed by atoms with Crippen molar-refractivity contribution in [1.82, 2.24) is 5.32 Å². The van der Waals surface area contributed by atoms with Crippen LogP contribution in [0.25, 0.3) is 0 Å². The van der Waals surface area contributed by atoms with Crippen LogP contribution in [0.1, 0.15) is 24.0 Å². The van der Waals surface area contributed by atoms with Crippen LogP contribution in [-0.2, 0) is 22.5 Å². The molecule has 0 fully saturated rings. The molecule has 0 saturated heterocycles. The monoisotopic (exact) mass is 331 g/mol. The van der Waals surface area contributed by atoms with E-state index in [1.807, 2.05) is 42.5 Å². The van der Waals surface area contributed by atoms with Gasteiger partial charge in [-0.25, -0.2) is 0 Å². The number of hydrogen-bond acceptors (Lipinski definition) is 3. The van der Waals surface area contributed by atoms with E-state index in [2.05, 4.69) is 17.4 Å². The fourth-order valence-corrected chi connectivity index (χ4v) is 2.54. The van der Waals surface area contributed by atoms with Gasteiger partial charge in [0, 0.05) is 17.6 Å². The molecular weight excluding hydrogens is 310 g/mol. The molecule has 2 rings (SSSR count). The van der Waals surface area contributed by atoms with E-state index in [1.54, 1.807) is 0 Å². The smallest absolute Gasteiger partial charge is 0.307 e. The van der Waals surface area contributed by atoms with Gasteiger partial charge in [0.25, 0.3) is 0 Å². The summed E-state index contributed by atoms with van der Waals surface area (Å²) in [5.74, 6) is -0.188. The molecule has 0 aliphatic heterocycles. The molecular formula is C19H22ClNO2. The van der Waals surface area contributed by atoms with Crippen LogP contribution >= 0.6 is 11.6 Å². The molecule has 0 heterocycles. The van der Waals surface area contributed by atoms with Gasteiger partial charge in [-0.15, -0.1) is 0 Å². The lowest BCUT2D eigenvalue weighted by atomic mass is 10.0. The van der Waals surface area contributed by atoms with E-state index in [4.69, 9.17) is 16.3 Å². The van der Waals surface area contributed by atoms with Crippen LogP contribution in [0.3, 0.4) is 0 Å². The number of benzene rings is 2. The fourth-order valence-electron chi connectivity index (χ4n) is 2.41. The first-order valence-electron chi connectivity index (χ1n) is 7.76. The molecule has 4 heteroatoms. The van der Waals surface area contributed by atoms with Gasteiger partial charge in [-0.2, -0.15) is 0 Å². The van der Waals surface area contributed by atoms with Crippen molar-refractivity contribution >= 4 is 17.6 Å². The lowest BCUT2D eigenvalue weighted by Crippen LogP contribution is -2.32. The largest absolute Gasteiger partial charge is 0.469 e. The second-order valence-corrected chi connectivity index (χ2v) is 5.95. The van der Waals surface area contributed by atoms with Gasteiger partial charge in [-0.05, 0) is 36.1 Å². The number of hydrogen-bond donors (Lipinski definition) is 1. The van der Waals surface area contributed by atoms with Crippen molar-refractivity contribution in [3.8, 4) is 0 Å². The molecule has 0 aromatic heterocycles. The minimum Gasteiger partial charge on any atom is -0.469 e. The van der Waals surface area contributed by atoms with E-state index >= 15 is 0 Å². The molecule has 0 aliphatic rings. The van der Waals surface area contributed by atoms with E-state index in [0.29, 0.717) is 6.42 Å². The predicted molar refractivity (Wildman–Crippen MR) is 93.5 cm³/mol. The molecule has 1 atom stereocenters. The zero-order valence-electron chi connectivity index (χ0n) is 13.3. The Morgan fingerprint density at radius 2 is 1.78 bits per heavy atom. The first-order chi connectivity index (χ1) is 11.2. The van der Waals surface area contributed by atoms with Gasteiger partial charge in [0.2, 0.25) is 0 Å². The summed E-state index contributed by atoms with van der Waals surface area (Å²) in [7, 11) is 1.43. The zero-order chi connectivity index (χ0) is 16.5. The van der Waals surface area contributed by atoms with Gasteiger partial charge in [-0.1, -0.05) is 54.1 Å². The maximum absolute atomic E-state index is 11.6. The summed E-state index contributed by atoms with van der Waals surface area (Å²) in [6, 6.07) is 18.1. The quantitative estimate of drug-likeness (QED) is 0.743. The summed E-state index contributed by atoms with van der Waals surface area (Å²) in [6.07, 6.45) is 2.13. The highest BCUT2D eigenvalue weighted by Crippen LogP contribution is 2.13. The lowest BCUT2D eigenvalue weighted by Gasteiger charge is -2.18. The van der Waals surface area contributed by atoms with Crippen LogP contribution in [0.5, 0.6) is 0 Å². The van der Waals surface area contributed by atoms with Crippen molar-refractivity contribution in [2.45, 2.75) is 31.8 Å². The Kier molecular flexibility index (Phi) is 7.11. The molecule has 0 radical (unpaired) electrons. The molecule has 0 bridgehead atoms. The minimum atomic E-state index is -0.188. The Hall–Kier alpha value is -1.84. The molecule has 2 aromatic rings. The highest BCUT2D eigenvalue weighted by Gasteiger charge is 2.14. The highest BCUT2D eigenvalue weighted by atomic mass is 35.5. The first kappa shape index (κ1) is 17.5. The number of ether oxygens (including phenoxy) is 1. The summed E-state index contributed by atoms with van der Waals surface area (Å²) in [5.41, 5.74) is 2.42. The highest BCUT2D eigenvalue weighted by molar-refractivity contribution is 6.30. The fraction of sp³-hybridized carbons (Fsp3) is 0.316. The third kappa shape index (κ3) is 6.43. The number of carbonyl (C=O) groups is 1. The van der Waals surface area contributed by atoms with Crippen LogP contribution in [0.4, 0.5) is 0 Å². The van der Waals surface area contributed by atoms with Gasteiger partial charge in [-0.3, -0.25) is 4.79 Å². The third-order valence-electron chi connectivity index (χ3n) is 3.77. The van der Waals surface area contributed by atoms with Crippen molar-refractivity contribution in [1.29, 1.82) is 0 Å². The average Bonchev–Trinajstić information content (AvgIpc) is 2.59. The molecule has 122 valence electrons. The van der Waals surface area contributed by atoms with E-state index in [0.717, 1.165) is 24.4 Å². The van der Waals surface area contributed by atoms with Crippen LogP contribution in [0.2, 0.25) is 5.02 Å². The number of rotatable bonds is 8. The van der Waals surface area contributed by atoms with Crippen LogP contribution in [0.15, 0.2) is 54.6 Å². The number of aryl methyl sites for hydroxylation is 1. The van der Waals surface area contributed by atoms with E-state index in [1.165, 1.54) is 18.2 Å². The summed E-state index contributed by atoms with van der Waals surface area (Å²) >= 11 is 5.91. The van der Waals surface area contributed by atoms with E-state index in [9.17, 15) is 4.79 Å². The summed E-state index contributed by atoms with van der Waals surface area (Å²) in [5, 5.41) is 4.19. The second-order valence-electron chi connectivity index (χ2n) is 5.51. The molecule has 2 aromatic carbocycles. The minimum absolute atomic E-state index is 0.0818. The Bertz CT molecular complexity index is 599. The van der Waals surface area contributed by atoms with Gasteiger partial charge in [0.1, 0.15) is 0 Å². The van der Waals surface area contributed by atoms with Gasteiger partial charge in [0.05, 0.1) is 13.5 Å². The Labute approximate surface area is 142 Å². The number of carbonyl (C=O) groups excluding carboxylic acids is 1. The second kappa shape index (κ2) is 9.33. The maximum Gasteiger partial charge on any atom is 0.307 e. The Balaban J connectivity index is 1.90. The van der Waals surface area contributed by atoms with Crippen LogP contribution < -0.4 is 5.32 Å². The van der Waals surface area contributed by atoms with E-state index in [-0.39, 0.29) is 12.0 Å². The number of nitrogens with one attached hydrogen (secondary N) is 1. The molecule has 0 spiro atoms. The van der Waals surface area contributed by atoms with Gasteiger partial charge < -0.3 is 10.1 Å². The van der Waals surface area contributed by atoms with Gasteiger partial charge >= 0.3 is 5.97 Å². The molecule has 0 aliphatic carbocycles. The number of methoxy groups -OCH3 is 1. The Morgan fingerprint density at radius 1 is 1.09 bits per heavy atom. The number of halogens is 1. The number of esters is 1. The van der Waals surface area contributed by atoms with Crippen molar-refractivity contribution in [2.24, 2.45) is 0 Å². The van der Waals surface area contributed by atoms with Gasteiger partial charge in [0.15, 0.2) is 0 Å².